The Balaban J connectivity index is 1.96. The van der Waals surface area contributed by atoms with Gasteiger partial charge >= 0.3 is 0 Å². The van der Waals surface area contributed by atoms with Crippen molar-refractivity contribution in [1.82, 2.24) is 20.4 Å². The second-order valence-electron chi connectivity index (χ2n) is 8.37. The highest BCUT2D eigenvalue weighted by atomic mass is 19.2. The van der Waals surface area contributed by atoms with Gasteiger partial charge in [-0.2, -0.15) is 5.10 Å². The predicted molar refractivity (Wildman–Crippen MR) is 108 cm³/mol. The van der Waals surface area contributed by atoms with Gasteiger partial charge in [0.15, 0.2) is 17.3 Å². The second kappa shape index (κ2) is 9.11. The molecule has 10 heteroatoms. The van der Waals surface area contributed by atoms with E-state index in [2.05, 4.69) is 15.7 Å². The Labute approximate surface area is 178 Å². The number of aromatic nitrogens is 2. The van der Waals surface area contributed by atoms with Crippen LogP contribution in [0.4, 0.5) is 8.78 Å². The molecular formula is C21H26F2N4O4. The van der Waals surface area contributed by atoms with E-state index < -0.39 is 34.9 Å². The summed E-state index contributed by atoms with van der Waals surface area (Å²) < 4.78 is 34.0. The number of halogens is 2. The second-order valence-corrected chi connectivity index (χ2v) is 8.37. The van der Waals surface area contributed by atoms with Crippen molar-refractivity contribution in [2.75, 3.05) is 19.8 Å². The summed E-state index contributed by atoms with van der Waals surface area (Å²) in [5.74, 6) is -3.00. The van der Waals surface area contributed by atoms with Crippen molar-refractivity contribution in [3.8, 4) is 5.69 Å². The number of nitrogens with zero attached hydrogens (tertiary/aromatic N) is 2. The maximum atomic E-state index is 13.8. The molecule has 1 atom stereocenters. The van der Waals surface area contributed by atoms with E-state index in [0.717, 1.165) is 12.1 Å². The third-order valence-corrected chi connectivity index (χ3v) is 5.00. The molecule has 168 valence electrons. The van der Waals surface area contributed by atoms with Crippen LogP contribution < -0.4 is 10.6 Å². The van der Waals surface area contributed by atoms with Gasteiger partial charge < -0.3 is 20.5 Å². The Morgan fingerprint density at radius 2 is 2.03 bits per heavy atom. The summed E-state index contributed by atoms with van der Waals surface area (Å²) in [4.78, 5) is 25.7. The van der Waals surface area contributed by atoms with Crippen molar-refractivity contribution < 1.29 is 28.2 Å². The van der Waals surface area contributed by atoms with Crippen molar-refractivity contribution >= 4 is 11.8 Å². The van der Waals surface area contributed by atoms with Gasteiger partial charge in [-0.05, 0) is 17.5 Å². The van der Waals surface area contributed by atoms with Crippen LogP contribution in [0.2, 0.25) is 0 Å². The largest absolute Gasteiger partial charge is 0.395 e. The fourth-order valence-electron chi connectivity index (χ4n) is 3.41. The minimum atomic E-state index is -1.03. The van der Waals surface area contributed by atoms with Gasteiger partial charge in [-0.3, -0.25) is 9.59 Å². The lowest BCUT2D eigenvalue weighted by Crippen LogP contribution is -2.54. The Morgan fingerprint density at radius 1 is 1.29 bits per heavy atom. The molecule has 0 saturated heterocycles. The number of ether oxygens (including phenoxy) is 1. The number of carbonyl (C=O) groups is 2. The molecule has 8 nitrogen and oxygen atoms in total. The minimum absolute atomic E-state index is 0.0682. The molecule has 1 aliphatic heterocycles. The van der Waals surface area contributed by atoms with Crippen molar-refractivity contribution in [3.05, 3.63) is 46.8 Å². The quantitative estimate of drug-likeness (QED) is 0.636. The third kappa shape index (κ3) is 4.91. The molecule has 0 fully saturated rings. The average molecular weight is 436 g/mol. The number of aliphatic hydroxyl groups excluding tert-OH is 1. The highest BCUT2D eigenvalue weighted by Gasteiger charge is 2.35. The van der Waals surface area contributed by atoms with Crippen LogP contribution in [0.1, 0.15) is 42.5 Å². The van der Waals surface area contributed by atoms with E-state index in [9.17, 15) is 18.4 Å². The van der Waals surface area contributed by atoms with Gasteiger partial charge in [0.25, 0.3) is 5.91 Å². The number of nitrogens with one attached hydrogen (secondary N) is 2. The summed E-state index contributed by atoms with van der Waals surface area (Å²) in [6.07, 6.45) is 0.415. The van der Waals surface area contributed by atoms with Gasteiger partial charge in [-0.15, -0.1) is 0 Å². The lowest BCUT2D eigenvalue weighted by Gasteiger charge is -2.30. The Bertz CT molecular complexity index is 984. The first-order valence-corrected chi connectivity index (χ1v) is 9.97. The molecule has 31 heavy (non-hydrogen) atoms. The van der Waals surface area contributed by atoms with E-state index in [1.165, 1.54) is 10.7 Å². The maximum Gasteiger partial charge on any atom is 0.272 e. The summed E-state index contributed by atoms with van der Waals surface area (Å²) in [6.45, 7) is 5.81. The molecule has 1 aliphatic rings. The van der Waals surface area contributed by atoms with E-state index in [1.54, 1.807) is 20.8 Å². The van der Waals surface area contributed by atoms with Gasteiger partial charge in [0.1, 0.15) is 6.04 Å². The van der Waals surface area contributed by atoms with E-state index in [-0.39, 0.29) is 31.1 Å². The number of hydrogen-bond acceptors (Lipinski definition) is 5. The Morgan fingerprint density at radius 3 is 2.68 bits per heavy atom. The molecule has 0 bridgehead atoms. The minimum Gasteiger partial charge on any atom is -0.395 e. The zero-order valence-electron chi connectivity index (χ0n) is 17.7. The van der Waals surface area contributed by atoms with Crippen LogP contribution in [-0.4, -0.2) is 52.5 Å². The molecule has 1 unspecified atom stereocenters. The molecule has 0 radical (unpaired) electrons. The molecule has 0 saturated carbocycles. The summed E-state index contributed by atoms with van der Waals surface area (Å²) in [5.41, 5.74) is 0.956. The Kier molecular flexibility index (Phi) is 6.71. The highest BCUT2D eigenvalue weighted by molar-refractivity contribution is 5.97. The molecule has 3 rings (SSSR count). The number of rotatable bonds is 6. The number of aliphatic hydroxyl groups is 1. The van der Waals surface area contributed by atoms with Crippen molar-refractivity contribution in [1.29, 1.82) is 0 Å². The predicted octanol–water partition coefficient (Wildman–Crippen LogP) is 1.48. The van der Waals surface area contributed by atoms with Gasteiger partial charge in [-0.25, -0.2) is 13.5 Å². The molecule has 2 heterocycles. The number of hydrogen-bond donors (Lipinski definition) is 3. The Hall–Kier alpha value is -2.85. The van der Waals surface area contributed by atoms with Crippen LogP contribution >= 0.6 is 0 Å². The average Bonchev–Trinajstić information content (AvgIpc) is 3.11. The highest BCUT2D eigenvalue weighted by Crippen LogP contribution is 2.26. The molecule has 1 aromatic heterocycles. The van der Waals surface area contributed by atoms with Crippen LogP contribution in [0.5, 0.6) is 0 Å². The third-order valence-electron chi connectivity index (χ3n) is 5.00. The summed E-state index contributed by atoms with van der Waals surface area (Å²) >= 11 is 0. The lowest BCUT2D eigenvalue weighted by molar-refractivity contribution is -0.125. The zero-order valence-corrected chi connectivity index (χ0v) is 17.7. The van der Waals surface area contributed by atoms with E-state index in [1.807, 2.05) is 0 Å². The van der Waals surface area contributed by atoms with Crippen LogP contribution in [0, 0.1) is 17.0 Å². The van der Waals surface area contributed by atoms with Crippen molar-refractivity contribution in [3.63, 3.8) is 0 Å². The molecule has 0 aliphatic carbocycles. The van der Waals surface area contributed by atoms with Crippen LogP contribution in [0.15, 0.2) is 18.2 Å². The van der Waals surface area contributed by atoms with Crippen molar-refractivity contribution in [2.24, 2.45) is 5.41 Å². The lowest BCUT2D eigenvalue weighted by atomic mass is 9.86. The summed E-state index contributed by atoms with van der Waals surface area (Å²) in [5, 5.41) is 18.6. The molecular weight excluding hydrogens is 410 g/mol. The first-order valence-electron chi connectivity index (χ1n) is 9.97. The first-order chi connectivity index (χ1) is 14.6. The number of benzene rings is 1. The zero-order chi connectivity index (χ0) is 22.8. The van der Waals surface area contributed by atoms with Crippen LogP contribution in [0.3, 0.4) is 0 Å². The molecule has 2 aromatic rings. The maximum absolute atomic E-state index is 13.8. The molecule has 1 aromatic carbocycles. The first kappa shape index (κ1) is 22.8. The standard InChI is InChI=1S/C21H26F2N4O4/c1-21(2,3)18(20(30)24-7-8-28)25-19(29)17-13-6-9-31-11-16(13)27(26-17)12-4-5-14(22)15(23)10-12/h4-5,10,18,28H,6-9,11H2,1-3H3,(H,24,30)(H,25,29). The van der Waals surface area contributed by atoms with E-state index in [4.69, 9.17) is 9.84 Å². The van der Waals surface area contributed by atoms with Gasteiger partial charge in [-0.1, -0.05) is 20.8 Å². The van der Waals surface area contributed by atoms with E-state index in [0.29, 0.717) is 24.3 Å². The fraction of sp³-hybridized carbons (Fsp3) is 0.476. The SMILES string of the molecule is CC(C)(C)C(NC(=O)c1nn(-c2ccc(F)c(F)c2)c2c1CCOC2)C(=O)NCCO. The van der Waals surface area contributed by atoms with Gasteiger partial charge in [0, 0.05) is 24.6 Å². The van der Waals surface area contributed by atoms with Gasteiger partial charge in [0.05, 0.1) is 31.2 Å². The van der Waals surface area contributed by atoms with Crippen LogP contribution in [0.25, 0.3) is 5.69 Å². The molecule has 2 amide bonds. The summed E-state index contributed by atoms with van der Waals surface area (Å²) in [6, 6.07) is 2.47. The number of fused-ring (bicyclic) bond motifs is 1. The monoisotopic (exact) mass is 436 g/mol. The van der Waals surface area contributed by atoms with E-state index >= 15 is 0 Å². The molecule has 3 N–H and O–H groups in total. The van der Waals surface area contributed by atoms with Gasteiger partial charge in [0.2, 0.25) is 5.91 Å². The number of carbonyl (C=O) groups excluding carboxylic acids is 2. The normalized spacial score (nSPS) is 14.6. The van der Waals surface area contributed by atoms with Crippen LogP contribution in [-0.2, 0) is 22.6 Å². The molecule has 0 spiro atoms. The smallest absolute Gasteiger partial charge is 0.272 e. The fourth-order valence-corrected chi connectivity index (χ4v) is 3.41. The number of amides is 2. The topological polar surface area (TPSA) is 105 Å². The van der Waals surface area contributed by atoms with Crippen molar-refractivity contribution in [2.45, 2.75) is 39.8 Å². The summed E-state index contributed by atoms with van der Waals surface area (Å²) in [7, 11) is 0.